The topological polar surface area (TPSA) is 93.0 Å². The lowest BCUT2D eigenvalue weighted by Gasteiger charge is -2.28. The predicted octanol–water partition coefficient (Wildman–Crippen LogP) is 3.95. The number of rotatable bonds is 4. The fourth-order valence-electron chi connectivity index (χ4n) is 4.37. The number of carbonyl (C=O) groups excluding carboxylic acids is 2. The van der Waals surface area contributed by atoms with Crippen LogP contribution in [0.4, 0.5) is 17.1 Å². The van der Waals surface area contributed by atoms with E-state index in [1.807, 2.05) is 43.3 Å². The van der Waals surface area contributed by atoms with Gasteiger partial charge in [-0.3, -0.25) is 24.5 Å². The number of hydrogen-bond acceptors (Lipinski definition) is 6. The van der Waals surface area contributed by atoms with Crippen LogP contribution in [-0.2, 0) is 14.4 Å². The van der Waals surface area contributed by atoms with E-state index in [1.165, 1.54) is 17.0 Å². The Balaban J connectivity index is 1.58. The van der Waals surface area contributed by atoms with E-state index in [-0.39, 0.29) is 11.6 Å². The molecule has 0 bridgehead atoms. The summed E-state index contributed by atoms with van der Waals surface area (Å²) < 4.78 is 0. The molecule has 3 aromatic rings. The molecule has 2 amide bonds. The Morgan fingerprint density at radius 3 is 2.22 bits per heavy atom. The molecule has 8 heteroatoms. The zero-order valence-corrected chi connectivity index (χ0v) is 17.1. The standard InChI is InChI=1S/C24H19N3O5/c1-15-6-5-9-19(14-15)25-23(28)20-21(16-10-12-18(13-11-16)27(30)31)26(32-22(20)24(25)29)17-7-3-2-4-8-17/h2-14,20-22H,1H3/t20-,21-,22+/m1/s1. The Morgan fingerprint density at radius 2 is 1.56 bits per heavy atom. The first-order valence-corrected chi connectivity index (χ1v) is 10.2. The van der Waals surface area contributed by atoms with Crippen molar-refractivity contribution in [3.63, 3.8) is 0 Å². The zero-order valence-electron chi connectivity index (χ0n) is 17.1. The van der Waals surface area contributed by atoms with Gasteiger partial charge in [0.05, 0.1) is 22.3 Å². The molecule has 3 atom stereocenters. The number of nitrogens with zero attached hydrogens (tertiary/aromatic N) is 3. The highest BCUT2D eigenvalue weighted by Crippen LogP contribution is 2.47. The SMILES string of the molecule is Cc1cccc(N2C(=O)[C@H]3[C@H](ON(c4ccccc4)[C@@H]3c3ccc([N+](=O)[O-])cc3)C2=O)c1. The van der Waals surface area contributed by atoms with E-state index in [0.717, 1.165) is 5.56 Å². The number of carbonyl (C=O) groups is 2. The number of benzene rings is 3. The Labute approximate surface area is 183 Å². The third-order valence-electron chi connectivity index (χ3n) is 5.83. The van der Waals surface area contributed by atoms with Crippen molar-refractivity contribution in [2.24, 2.45) is 5.92 Å². The maximum Gasteiger partial charge on any atom is 0.269 e. The summed E-state index contributed by atoms with van der Waals surface area (Å²) in [5.41, 5.74) is 2.73. The van der Waals surface area contributed by atoms with Gasteiger partial charge in [-0.25, -0.2) is 9.96 Å². The first-order valence-electron chi connectivity index (χ1n) is 10.2. The fourth-order valence-corrected chi connectivity index (χ4v) is 4.37. The van der Waals surface area contributed by atoms with Crippen LogP contribution >= 0.6 is 0 Å². The number of imide groups is 1. The third-order valence-corrected chi connectivity index (χ3v) is 5.83. The molecule has 3 aromatic carbocycles. The molecule has 5 rings (SSSR count). The van der Waals surface area contributed by atoms with E-state index in [2.05, 4.69) is 0 Å². The van der Waals surface area contributed by atoms with Gasteiger partial charge in [0.1, 0.15) is 5.92 Å². The number of fused-ring (bicyclic) bond motifs is 1. The van der Waals surface area contributed by atoms with Gasteiger partial charge in [0, 0.05) is 12.1 Å². The van der Waals surface area contributed by atoms with Crippen molar-refractivity contribution in [1.82, 2.24) is 0 Å². The molecular weight excluding hydrogens is 410 g/mol. The molecule has 2 saturated heterocycles. The monoisotopic (exact) mass is 429 g/mol. The Kier molecular flexibility index (Phi) is 4.71. The van der Waals surface area contributed by atoms with Crippen LogP contribution in [0.15, 0.2) is 78.9 Å². The van der Waals surface area contributed by atoms with Crippen molar-refractivity contribution in [2.45, 2.75) is 19.1 Å². The van der Waals surface area contributed by atoms with Crippen LogP contribution in [-0.4, -0.2) is 22.8 Å². The smallest absolute Gasteiger partial charge is 0.269 e. The lowest BCUT2D eigenvalue weighted by atomic mass is 9.90. The summed E-state index contributed by atoms with van der Waals surface area (Å²) >= 11 is 0. The van der Waals surface area contributed by atoms with Crippen LogP contribution in [0.2, 0.25) is 0 Å². The summed E-state index contributed by atoms with van der Waals surface area (Å²) in [6.07, 6.45) is -0.983. The van der Waals surface area contributed by atoms with E-state index in [0.29, 0.717) is 16.9 Å². The second-order valence-corrected chi connectivity index (χ2v) is 7.86. The number of nitro groups is 1. The maximum absolute atomic E-state index is 13.5. The molecule has 2 fully saturated rings. The Morgan fingerprint density at radius 1 is 0.875 bits per heavy atom. The highest BCUT2D eigenvalue weighted by Gasteiger charge is 2.60. The summed E-state index contributed by atoms with van der Waals surface area (Å²) in [6, 6.07) is 21.8. The van der Waals surface area contributed by atoms with E-state index in [1.54, 1.807) is 35.4 Å². The summed E-state index contributed by atoms with van der Waals surface area (Å²) in [4.78, 5) is 44.7. The van der Waals surface area contributed by atoms with Crippen molar-refractivity contribution < 1.29 is 19.3 Å². The lowest BCUT2D eigenvalue weighted by Crippen LogP contribution is -2.37. The van der Waals surface area contributed by atoms with Crippen molar-refractivity contribution in [1.29, 1.82) is 0 Å². The molecule has 0 N–H and O–H groups in total. The van der Waals surface area contributed by atoms with Gasteiger partial charge in [-0.15, -0.1) is 0 Å². The van der Waals surface area contributed by atoms with Crippen LogP contribution in [0.5, 0.6) is 0 Å². The molecule has 0 aliphatic carbocycles. The van der Waals surface area contributed by atoms with Crippen LogP contribution in [0.25, 0.3) is 0 Å². The van der Waals surface area contributed by atoms with E-state index in [9.17, 15) is 19.7 Å². The first kappa shape index (κ1) is 19.9. The van der Waals surface area contributed by atoms with Crippen molar-refractivity contribution in [3.05, 3.63) is 100 Å². The lowest BCUT2D eigenvalue weighted by molar-refractivity contribution is -0.384. The third kappa shape index (κ3) is 3.12. The average Bonchev–Trinajstić information content (AvgIpc) is 3.30. The first-order chi connectivity index (χ1) is 15.5. The van der Waals surface area contributed by atoms with Gasteiger partial charge >= 0.3 is 0 Å². The second kappa shape index (κ2) is 7.58. The van der Waals surface area contributed by atoms with Crippen LogP contribution in [0.3, 0.4) is 0 Å². The highest BCUT2D eigenvalue weighted by molar-refractivity contribution is 6.23. The van der Waals surface area contributed by atoms with Gasteiger partial charge in [-0.05, 0) is 42.3 Å². The fraction of sp³-hybridized carbons (Fsp3) is 0.167. The minimum Gasteiger partial charge on any atom is -0.273 e. The molecule has 0 spiro atoms. The predicted molar refractivity (Wildman–Crippen MR) is 117 cm³/mol. The van der Waals surface area contributed by atoms with Crippen LogP contribution in [0, 0.1) is 23.0 Å². The van der Waals surface area contributed by atoms with Crippen LogP contribution in [0.1, 0.15) is 17.2 Å². The number of nitro benzene ring substituents is 1. The molecule has 160 valence electrons. The molecular formula is C24H19N3O5. The van der Waals surface area contributed by atoms with Crippen molar-refractivity contribution in [2.75, 3.05) is 9.96 Å². The Bertz CT molecular complexity index is 1210. The van der Waals surface area contributed by atoms with Gasteiger partial charge in [-0.2, -0.15) is 0 Å². The van der Waals surface area contributed by atoms with Gasteiger partial charge < -0.3 is 0 Å². The molecule has 8 nitrogen and oxygen atoms in total. The van der Waals surface area contributed by atoms with Gasteiger partial charge in [0.15, 0.2) is 6.10 Å². The minimum absolute atomic E-state index is 0.0503. The summed E-state index contributed by atoms with van der Waals surface area (Å²) in [7, 11) is 0. The normalized spacial score (nSPS) is 22.3. The number of amides is 2. The van der Waals surface area contributed by atoms with Gasteiger partial charge in [-0.1, -0.05) is 42.5 Å². The molecule has 2 aliphatic rings. The molecule has 32 heavy (non-hydrogen) atoms. The van der Waals surface area contributed by atoms with Crippen molar-refractivity contribution in [3.8, 4) is 0 Å². The van der Waals surface area contributed by atoms with Crippen molar-refractivity contribution >= 4 is 28.9 Å². The molecule has 0 saturated carbocycles. The summed E-state index contributed by atoms with van der Waals surface area (Å²) in [6.45, 7) is 1.89. The number of hydroxylamine groups is 1. The number of para-hydroxylation sites is 1. The highest BCUT2D eigenvalue weighted by atomic mass is 16.7. The minimum atomic E-state index is -0.983. The second-order valence-electron chi connectivity index (χ2n) is 7.86. The molecule has 2 heterocycles. The quantitative estimate of drug-likeness (QED) is 0.354. The molecule has 0 aromatic heterocycles. The van der Waals surface area contributed by atoms with Gasteiger partial charge in [0.25, 0.3) is 11.6 Å². The molecule has 0 unspecified atom stereocenters. The number of non-ortho nitro benzene ring substituents is 1. The van der Waals surface area contributed by atoms with Gasteiger partial charge in [0.2, 0.25) is 5.91 Å². The summed E-state index contributed by atoms with van der Waals surface area (Å²) in [5.74, 6) is -1.56. The number of anilines is 2. The zero-order chi connectivity index (χ0) is 22.4. The maximum atomic E-state index is 13.5. The largest absolute Gasteiger partial charge is 0.273 e. The molecule has 0 radical (unpaired) electrons. The molecule has 2 aliphatic heterocycles. The van der Waals surface area contributed by atoms with E-state index >= 15 is 0 Å². The Hall–Kier alpha value is -4.04. The van der Waals surface area contributed by atoms with Crippen LogP contribution < -0.4 is 9.96 Å². The number of hydrogen-bond donors (Lipinski definition) is 0. The summed E-state index contributed by atoms with van der Waals surface area (Å²) in [5, 5.41) is 12.7. The van der Waals surface area contributed by atoms with E-state index < -0.39 is 28.9 Å². The van der Waals surface area contributed by atoms with E-state index in [4.69, 9.17) is 4.84 Å². The average molecular weight is 429 g/mol. The number of aryl methyl sites for hydroxylation is 1.